The highest BCUT2D eigenvalue weighted by Crippen LogP contribution is 2.18. The molecule has 0 aromatic heterocycles. The Morgan fingerprint density at radius 3 is 2.47 bits per heavy atom. The van der Waals surface area contributed by atoms with Gasteiger partial charge in [-0.3, -0.25) is 4.79 Å². The summed E-state index contributed by atoms with van der Waals surface area (Å²) in [5.41, 5.74) is 0.163. The van der Waals surface area contributed by atoms with Gasteiger partial charge in [-0.2, -0.15) is 0 Å². The van der Waals surface area contributed by atoms with Gasteiger partial charge in [0.25, 0.3) is 5.78 Å². The molecular formula is C11H11FO3. The minimum Gasteiger partial charge on any atom is -0.460 e. The van der Waals surface area contributed by atoms with Crippen LogP contribution in [0.3, 0.4) is 0 Å². The molecule has 1 aromatic carbocycles. The summed E-state index contributed by atoms with van der Waals surface area (Å²) in [7, 11) is 0. The summed E-state index contributed by atoms with van der Waals surface area (Å²) in [4.78, 5) is 22.1. The quantitative estimate of drug-likeness (QED) is 0.562. The number of halogens is 1. The lowest BCUT2D eigenvalue weighted by Gasteiger charge is -2.06. The molecule has 0 heterocycles. The smallest absolute Gasteiger partial charge is 0.378 e. The van der Waals surface area contributed by atoms with Crippen LogP contribution in [0.1, 0.15) is 18.7 Å². The predicted octanol–water partition coefficient (Wildman–Crippen LogP) is 1.83. The van der Waals surface area contributed by atoms with Crippen LogP contribution in [-0.2, 0) is 14.3 Å². The lowest BCUT2D eigenvalue weighted by Crippen LogP contribution is -2.22. The summed E-state index contributed by atoms with van der Waals surface area (Å²) in [5, 5.41) is 0. The van der Waals surface area contributed by atoms with Crippen molar-refractivity contribution in [1.82, 2.24) is 0 Å². The summed E-state index contributed by atoms with van der Waals surface area (Å²) < 4.78 is 17.9. The molecule has 0 bridgehead atoms. The fourth-order valence-corrected chi connectivity index (χ4v) is 1.08. The van der Waals surface area contributed by atoms with E-state index in [2.05, 4.69) is 4.74 Å². The fourth-order valence-electron chi connectivity index (χ4n) is 1.08. The fraction of sp³-hybridized carbons (Fsp3) is 0.273. The molecule has 15 heavy (non-hydrogen) atoms. The van der Waals surface area contributed by atoms with Gasteiger partial charge in [-0.25, -0.2) is 9.18 Å². The van der Waals surface area contributed by atoms with E-state index in [1.165, 1.54) is 12.1 Å². The van der Waals surface area contributed by atoms with E-state index >= 15 is 0 Å². The predicted molar refractivity (Wildman–Crippen MR) is 51.9 cm³/mol. The van der Waals surface area contributed by atoms with Gasteiger partial charge in [0.15, 0.2) is 6.17 Å². The summed E-state index contributed by atoms with van der Waals surface area (Å²) in [6.45, 7) is 1.62. The Kier molecular flexibility index (Phi) is 3.97. The van der Waals surface area contributed by atoms with E-state index in [4.69, 9.17) is 0 Å². The van der Waals surface area contributed by atoms with Crippen molar-refractivity contribution < 1.29 is 18.7 Å². The Labute approximate surface area is 86.9 Å². The molecule has 0 saturated heterocycles. The van der Waals surface area contributed by atoms with E-state index in [1.54, 1.807) is 25.1 Å². The molecule has 0 saturated carbocycles. The third-order valence-corrected chi connectivity index (χ3v) is 1.80. The number of carbonyl (C=O) groups excluding carboxylic acids is 2. The molecule has 0 aliphatic heterocycles. The summed E-state index contributed by atoms with van der Waals surface area (Å²) in [5.74, 6) is -2.29. The van der Waals surface area contributed by atoms with Gasteiger partial charge in [0, 0.05) is 0 Å². The first kappa shape index (κ1) is 11.4. The Balaban J connectivity index is 2.73. The van der Waals surface area contributed by atoms with Crippen molar-refractivity contribution in [2.75, 3.05) is 6.61 Å². The zero-order chi connectivity index (χ0) is 11.3. The molecule has 0 fully saturated rings. The van der Waals surface area contributed by atoms with Crippen LogP contribution in [0.2, 0.25) is 0 Å². The van der Waals surface area contributed by atoms with E-state index in [9.17, 15) is 14.0 Å². The molecule has 0 aliphatic rings. The molecule has 80 valence electrons. The first-order chi connectivity index (χ1) is 7.16. The standard InChI is InChI=1S/C11H11FO3/c1-2-15-11(14)10(13)9(12)8-6-4-3-5-7-8/h3-7,9H,2H2,1H3. The van der Waals surface area contributed by atoms with Gasteiger partial charge in [-0.05, 0) is 12.5 Å². The lowest BCUT2D eigenvalue weighted by molar-refractivity contribution is -0.155. The number of esters is 1. The molecular weight excluding hydrogens is 199 g/mol. The maximum Gasteiger partial charge on any atom is 0.378 e. The molecule has 0 aliphatic carbocycles. The van der Waals surface area contributed by atoms with Crippen molar-refractivity contribution >= 4 is 11.8 Å². The Hall–Kier alpha value is -1.71. The number of rotatable bonds is 4. The van der Waals surface area contributed by atoms with Crippen LogP contribution in [0.15, 0.2) is 30.3 Å². The number of ketones is 1. The molecule has 0 amide bonds. The number of hydrogen-bond donors (Lipinski definition) is 0. The van der Waals surface area contributed by atoms with Crippen molar-refractivity contribution in [1.29, 1.82) is 0 Å². The minimum absolute atomic E-state index is 0.0616. The zero-order valence-corrected chi connectivity index (χ0v) is 8.27. The molecule has 1 unspecified atom stereocenters. The Morgan fingerprint density at radius 2 is 1.93 bits per heavy atom. The van der Waals surface area contributed by atoms with Crippen molar-refractivity contribution in [3.8, 4) is 0 Å². The number of benzene rings is 1. The monoisotopic (exact) mass is 210 g/mol. The molecule has 1 rings (SSSR count). The molecule has 1 atom stereocenters. The SMILES string of the molecule is CCOC(=O)C(=O)C(F)c1ccccc1. The van der Waals surface area contributed by atoms with Crippen molar-refractivity contribution in [3.63, 3.8) is 0 Å². The summed E-state index contributed by atoms with van der Waals surface area (Å²) in [6, 6.07) is 7.79. The third kappa shape index (κ3) is 2.87. The highest BCUT2D eigenvalue weighted by molar-refractivity contribution is 6.35. The van der Waals surface area contributed by atoms with Crippen molar-refractivity contribution in [2.45, 2.75) is 13.1 Å². The average molecular weight is 210 g/mol. The first-order valence-electron chi connectivity index (χ1n) is 4.56. The number of hydrogen-bond acceptors (Lipinski definition) is 3. The minimum atomic E-state index is -1.94. The van der Waals surface area contributed by atoms with Gasteiger partial charge >= 0.3 is 5.97 Å². The van der Waals surface area contributed by atoms with Crippen molar-refractivity contribution in [2.24, 2.45) is 0 Å². The molecule has 0 spiro atoms. The second-order valence-corrected chi connectivity index (χ2v) is 2.86. The first-order valence-corrected chi connectivity index (χ1v) is 4.56. The molecule has 0 radical (unpaired) electrons. The van der Waals surface area contributed by atoms with Crippen LogP contribution < -0.4 is 0 Å². The van der Waals surface area contributed by atoms with Gasteiger partial charge < -0.3 is 4.74 Å². The highest BCUT2D eigenvalue weighted by Gasteiger charge is 2.27. The zero-order valence-electron chi connectivity index (χ0n) is 8.27. The maximum absolute atomic E-state index is 13.5. The Morgan fingerprint density at radius 1 is 1.33 bits per heavy atom. The van der Waals surface area contributed by atoms with Crippen LogP contribution >= 0.6 is 0 Å². The van der Waals surface area contributed by atoms with Crippen LogP contribution in [0.4, 0.5) is 4.39 Å². The molecule has 1 aromatic rings. The van der Waals surface area contributed by atoms with Crippen LogP contribution in [-0.4, -0.2) is 18.4 Å². The van der Waals surface area contributed by atoms with Gasteiger partial charge in [-0.15, -0.1) is 0 Å². The molecule has 4 heteroatoms. The molecule has 3 nitrogen and oxygen atoms in total. The van der Waals surface area contributed by atoms with E-state index < -0.39 is 17.9 Å². The largest absolute Gasteiger partial charge is 0.460 e. The number of ether oxygens (including phenoxy) is 1. The van der Waals surface area contributed by atoms with Crippen molar-refractivity contribution in [3.05, 3.63) is 35.9 Å². The van der Waals surface area contributed by atoms with Gasteiger partial charge in [0.2, 0.25) is 0 Å². The second kappa shape index (κ2) is 5.24. The summed E-state index contributed by atoms with van der Waals surface area (Å²) in [6.07, 6.45) is -1.94. The maximum atomic E-state index is 13.5. The number of carbonyl (C=O) groups is 2. The normalized spacial score (nSPS) is 11.9. The van der Waals surface area contributed by atoms with Gasteiger partial charge in [-0.1, -0.05) is 30.3 Å². The van der Waals surface area contributed by atoms with Crippen LogP contribution in [0.25, 0.3) is 0 Å². The number of Topliss-reactive ketones (excluding diaryl/α,β-unsaturated/α-hetero) is 1. The van der Waals surface area contributed by atoms with Crippen LogP contribution in [0, 0.1) is 0 Å². The van der Waals surface area contributed by atoms with E-state index in [0.29, 0.717) is 0 Å². The van der Waals surface area contributed by atoms with Gasteiger partial charge in [0.1, 0.15) is 0 Å². The Bertz CT molecular complexity index is 348. The highest BCUT2D eigenvalue weighted by atomic mass is 19.1. The van der Waals surface area contributed by atoms with E-state index in [0.717, 1.165) is 0 Å². The van der Waals surface area contributed by atoms with Crippen LogP contribution in [0.5, 0.6) is 0 Å². The topological polar surface area (TPSA) is 43.4 Å². The van der Waals surface area contributed by atoms with E-state index in [-0.39, 0.29) is 12.2 Å². The van der Waals surface area contributed by atoms with Gasteiger partial charge in [0.05, 0.1) is 6.61 Å². The lowest BCUT2D eigenvalue weighted by atomic mass is 10.1. The molecule has 0 N–H and O–H groups in total. The number of alkyl halides is 1. The average Bonchev–Trinajstić information content (AvgIpc) is 2.28. The summed E-state index contributed by atoms with van der Waals surface area (Å²) >= 11 is 0. The third-order valence-electron chi connectivity index (χ3n) is 1.80. The van der Waals surface area contributed by atoms with E-state index in [1.807, 2.05) is 0 Å². The second-order valence-electron chi connectivity index (χ2n) is 2.86.